The number of ether oxygens (including phenoxy) is 3. The topological polar surface area (TPSA) is 44.8 Å². The molecule has 1 aromatic carbocycles. The van der Waals surface area contributed by atoms with Crippen LogP contribution in [0, 0.1) is 17.3 Å². The molecular formula is C28H36O4. The molecule has 0 radical (unpaired) electrons. The third-order valence-corrected chi connectivity index (χ3v) is 9.31. The molecule has 0 aromatic heterocycles. The van der Waals surface area contributed by atoms with E-state index in [-0.39, 0.29) is 11.0 Å². The first-order chi connectivity index (χ1) is 15.5. The lowest BCUT2D eigenvalue weighted by molar-refractivity contribution is -0.149. The van der Waals surface area contributed by atoms with Crippen LogP contribution in [0.4, 0.5) is 0 Å². The van der Waals surface area contributed by atoms with Crippen molar-refractivity contribution in [1.82, 2.24) is 0 Å². The van der Waals surface area contributed by atoms with Gasteiger partial charge in [0.2, 0.25) is 0 Å². The maximum Gasteiger partial charge on any atom is 0.156 e. The summed E-state index contributed by atoms with van der Waals surface area (Å²) in [6, 6.07) is 8.65. The van der Waals surface area contributed by atoms with Crippen LogP contribution in [0.25, 0.3) is 0 Å². The molecule has 2 fully saturated rings. The van der Waals surface area contributed by atoms with Gasteiger partial charge in [0.05, 0.1) is 19.3 Å². The summed E-state index contributed by atoms with van der Waals surface area (Å²) in [5.41, 5.74) is 5.57. The molecule has 32 heavy (non-hydrogen) atoms. The minimum atomic E-state index is -0.244. The number of rotatable bonds is 5. The zero-order valence-corrected chi connectivity index (χ0v) is 19.9. The Morgan fingerprint density at radius 3 is 2.50 bits per heavy atom. The first kappa shape index (κ1) is 21.9. The van der Waals surface area contributed by atoms with Crippen molar-refractivity contribution in [3.05, 3.63) is 52.6 Å². The molecule has 0 spiro atoms. The average molecular weight is 437 g/mol. The molecule has 4 aliphatic rings. The van der Waals surface area contributed by atoms with Crippen LogP contribution in [-0.4, -0.2) is 39.3 Å². The molecule has 4 aliphatic carbocycles. The van der Waals surface area contributed by atoms with Crippen molar-refractivity contribution < 1.29 is 19.0 Å². The van der Waals surface area contributed by atoms with Crippen molar-refractivity contribution in [3.8, 4) is 5.75 Å². The molecule has 1 aromatic rings. The summed E-state index contributed by atoms with van der Waals surface area (Å²) in [4.78, 5) is 12.2. The fourth-order valence-corrected chi connectivity index (χ4v) is 7.74. The van der Waals surface area contributed by atoms with Gasteiger partial charge in [-0.3, -0.25) is 4.79 Å². The molecule has 5 atom stereocenters. The lowest BCUT2D eigenvalue weighted by Gasteiger charge is -2.55. The van der Waals surface area contributed by atoms with Gasteiger partial charge in [-0.1, -0.05) is 24.6 Å². The number of allylic oxidation sites excluding steroid dienone is 4. The summed E-state index contributed by atoms with van der Waals surface area (Å²) >= 11 is 0. The average Bonchev–Trinajstić information content (AvgIpc) is 3.10. The quantitative estimate of drug-likeness (QED) is 0.600. The molecule has 0 N–H and O–H groups in total. The third-order valence-electron chi connectivity index (χ3n) is 9.31. The largest absolute Gasteiger partial charge is 0.497 e. The summed E-state index contributed by atoms with van der Waals surface area (Å²) in [6.07, 6.45) is 8.95. The van der Waals surface area contributed by atoms with E-state index in [1.54, 1.807) is 19.8 Å². The van der Waals surface area contributed by atoms with E-state index in [1.165, 1.54) is 23.1 Å². The summed E-state index contributed by atoms with van der Waals surface area (Å²) < 4.78 is 17.5. The Bertz CT molecular complexity index is 958. The maximum absolute atomic E-state index is 12.2. The zero-order valence-electron chi connectivity index (χ0n) is 19.9. The number of hydrogen-bond donors (Lipinski definition) is 0. The Morgan fingerprint density at radius 2 is 1.81 bits per heavy atom. The highest BCUT2D eigenvalue weighted by Crippen LogP contribution is 2.67. The predicted molar refractivity (Wildman–Crippen MR) is 125 cm³/mol. The molecule has 0 amide bonds. The minimum Gasteiger partial charge on any atom is -0.497 e. The van der Waals surface area contributed by atoms with Crippen molar-refractivity contribution in [1.29, 1.82) is 0 Å². The molecule has 172 valence electrons. The Balaban J connectivity index is 1.66. The molecule has 4 nitrogen and oxygen atoms in total. The van der Waals surface area contributed by atoms with Crippen LogP contribution < -0.4 is 4.74 Å². The van der Waals surface area contributed by atoms with Crippen LogP contribution in [0.2, 0.25) is 0 Å². The fraction of sp³-hybridized carbons (Fsp3) is 0.607. The number of benzene rings is 1. The van der Waals surface area contributed by atoms with Gasteiger partial charge in [0.25, 0.3) is 0 Å². The minimum absolute atomic E-state index is 0.0444. The first-order valence-electron chi connectivity index (χ1n) is 12.1. The van der Waals surface area contributed by atoms with Gasteiger partial charge in [-0.05, 0) is 85.3 Å². The lowest BCUT2D eigenvalue weighted by Crippen LogP contribution is -2.54. The molecule has 0 aliphatic heterocycles. The normalized spacial score (nSPS) is 36.3. The standard InChI is InChI=1S/C28H36O4/c1-27-16-24(18-5-9-21(31-3)10-6-18)26-22-12-8-20(29)15-19(22)7-11-23(26)25(27)13-14-28(27,32-4)17-30-2/h5-6,9-10,15,23-25H,7-8,11-14,16-17H2,1-4H3/t23-,24+,25-,27-,28-/m0/s1. The molecular weight excluding hydrogens is 400 g/mol. The molecule has 4 heteroatoms. The molecule has 0 unspecified atom stereocenters. The smallest absolute Gasteiger partial charge is 0.156 e. The van der Waals surface area contributed by atoms with E-state index in [9.17, 15) is 4.79 Å². The fourth-order valence-electron chi connectivity index (χ4n) is 7.74. The van der Waals surface area contributed by atoms with E-state index in [0.717, 1.165) is 37.9 Å². The van der Waals surface area contributed by atoms with E-state index in [2.05, 4.69) is 31.2 Å². The predicted octanol–water partition coefficient (Wildman–Crippen LogP) is 5.63. The Kier molecular flexibility index (Phi) is 5.58. The summed E-state index contributed by atoms with van der Waals surface area (Å²) in [7, 11) is 5.39. The van der Waals surface area contributed by atoms with Crippen molar-refractivity contribution in [2.24, 2.45) is 17.3 Å². The SMILES string of the molecule is COC[C@@]1(OC)CC[C@H]2[C@@H]3CCC4=CC(=O)CCC4=C3[C@@H](c3ccc(OC)cc3)C[C@@]21C. The van der Waals surface area contributed by atoms with Gasteiger partial charge >= 0.3 is 0 Å². The Labute approximate surface area is 192 Å². The van der Waals surface area contributed by atoms with Crippen LogP contribution in [0.15, 0.2) is 47.1 Å². The second-order valence-electron chi connectivity index (χ2n) is 10.4. The van der Waals surface area contributed by atoms with Crippen molar-refractivity contribution in [2.75, 3.05) is 27.9 Å². The highest BCUT2D eigenvalue weighted by atomic mass is 16.5. The summed E-state index contributed by atoms with van der Waals surface area (Å²) in [6.45, 7) is 3.10. The summed E-state index contributed by atoms with van der Waals surface area (Å²) in [5.74, 6) is 2.66. The van der Waals surface area contributed by atoms with Gasteiger partial charge in [0.15, 0.2) is 5.78 Å². The van der Waals surface area contributed by atoms with Gasteiger partial charge in [-0.15, -0.1) is 0 Å². The van der Waals surface area contributed by atoms with Crippen molar-refractivity contribution >= 4 is 5.78 Å². The van der Waals surface area contributed by atoms with E-state index in [4.69, 9.17) is 14.2 Å². The van der Waals surface area contributed by atoms with Crippen LogP contribution in [0.1, 0.15) is 63.4 Å². The number of carbonyl (C=O) groups excluding carboxylic acids is 1. The van der Waals surface area contributed by atoms with E-state index in [1.807, 2.05) is 13.2 Å². The first-order valence-corrected chi connectivity index (χ1v) is 12.1. The molecule has 0 saturated heterocycles. The highest BCUT2D eigenvalue weighted by Gasteiger charge is 2.63. The van der Waals surface area contributed by atoms with Crippen LogP contribution in [0.3, 0.4) is 0 Å². The molecule has 5 rings (SSSR count). The molecule has 0 heterocycles. The van der Waals surface area contributed by atoms with Crippen molar-refractivity contribution in [3.63, 3.8) is 0 Å². The number of carbonyl (C=O) groups is 1. The second-order valence-corrected chi connectivity index (χ2v) is 10.4. The number of hydrogen-bond acceptors (Lipinski definition) is 4. The highest BCUT2D eigenvalue weighted by molar-refractivity contribution is 5.93. The van der Waals surface area contributed by atoms with Gasteiger partial charge in [0, 0.05) is 32.0 Å². The third kappa shape index (κ3) is 3.13. The van der Waals surface area contributed by atoms with Crippen LogP contribution in [0.5, 0.6) is 5.75 Å². The van der Waals surface area contributed by atoms with Gasteiger partial charge in [0.1, 0.15) is 5.75 Å². The van der Waals surface area contributed by atoms with Gasteiger partial charge in [-0.2, -0.15) is 0 Å². The lowest BCUT2D eigenvalue weighted by atomic mass is 9.51. The van der Waals surface area contributed by atoms with E-state index in [0.29, 0.717) is 36.6 Å². The molecule has 0 bridgehead atoms. The van der Waals surface area contributed by atoms with Crippen LogP contribution in [-0.2, 0) is 14.3 Å². The van der Waals surface area contributed by atoms with Gasteiger partial charge in [-0.25, -0.2) is 0 Å². The second kappa shape index (κ2) is 8.14. The van der Waals surface area contributed by atoms with Crippen LogP contribution >= 0.6 is 0 Å². The van der Waals surface area contributed by atoms with E-state index < -0.39 is 0 Å². The summed E-state index contributed by atoms with van der Waals surface area (Å²) in [5, 5.41) is 0. The van der Waals surface area contributed by atoms with E-state index >= 15 is 0 Å². The van der Waals surface area contributed by atoms with Crippen molar-refractivity contribution in [2.45, 2.75) is 63.4 Å². The Morgan fingerprint density at radius 1 is 1.03 bits per heavy atom. The van der Waals surface area contributed by atoms with Gasteiger partial charge < -0.3 is 14.2 Å². The Hall–Kier alpha value is -1.91. The zero-order chi connectivity index (χ0) is 22.5. The number of fused-ring (bicyclic) bond motifs is 4. The number of methoxy groups -OCH3 is 3. The monoisotopic (exact) mass is 436 g/mol. The maximum atomic E-state index is 12.2. The number of ketones is 1. The molecule has 2 saturated carbocycles.